The van der Waals surface area contributed by atoms with Crippen molar-refractivity contribution in [2.45, 2.75) is 4.90 Å². The van der Waals surface area contributed by atoms with E-state index in [2.05, 4.69) is 4.98 Å². The lowest BCUT2D eigenvalue weighted by Gasteiger charge is -2.33. The Balaban J connectivity index is 1.54. The van der Waals surface area contributed by atoms with Gasteiger partial charge in [0.05, 0.1) is 5.69 Å². The normalized spacial score (nSPS) is 15.3. The fourth-order valence-corrected chi connectivity index (χ4v) is 6.25. The summed E-state index contributed by atoms with van der Waals surface area (Å²) in [6.45, 7) is -0.338. The first-order valence-electron chi connectivity index (χ1n) is 9.19. The lowest BCUT2D eigenvalue weighted by atomic mass is 10.2. The van der Waals surface area contributed by atoms with Crippen LogP contribution in [0.2, 0.25) is 10.0 Å². The van der Waals surface area contributed by atoms with E-state index in [9.17, 15) is 30.4 Å². The van der Waals surface area contributed by atoms with Crippen LogP contribution in [0.4, 0.5) is 27.1 Å². The largest absolute Gasteiger partial charge is 0.345 e. The Morgan fingerprint density at radius 2 is 1.33 bits per heavy atom. The molecule has 0 amide bonds. The molecule has 0 saturated carbocycles. The number of thiazole rings is 1. The maximum Gasteiger partial charge on any atom is 0.249 e. The van der Waals surface area contributed by atoms with Gasteiger partial charge in [-0.05, 0) is 18.2 Å². The highest BCUT2D eigenvalue weighted by atomic mass is 35.5. The van der Waals surface area contributed by atoms with E-state index in [1.165, 1.54) is 11.3 Å². The van der Waals surface area contributed by atoms with Gasteiger partial charge in [0.2, 0.25) is 15.8 Å². The van der Waals surface area contributed by atoms with Crippen molar-refractivity contribution in [3.05, 3.63) is 62.7 Å². The molecule has 176 valence electrons. The molecule has 1 aliphatic heterocycles. The molecule has 0 unspecified atom stereocenters. The van der Waals surface area contributed by atoms with Crippen LogP contribution >= 0.6 is 34.5 Å². The van der Waals surface area contributed by atoms with Crippen molar-refractivity contribution in [3.63, 3.8) is 0 Å². The van der Waals surface area contributed by atoms with E-state index in [0.29, 0.717) is 30.7 Å². The van der Waals surface area contributed by atoms with Crippen molar-refractivity contribution in [2.75, 3.05) is 31.1 Å². The Bertz CT molecular complexity index is 1300. The van der Waals surface area contributed by atoms with Gasteiger partial charge in [0.25, 0.3) is 0 Å². The molecule has 4 rings (SSSR count). The van der Waals surface area contributed by atoms with E-state index in [-0.39, 0.29) is 26.2 Å². The number of aromatic nitrogens is 1. The van der Waals surface area contributed by atoms with Crippen LogP contribution in [0.1, 0.15) is 0 Å². The molecule has 0 aliphatic carbocycles. The van der Waals surface area contributed by atoms with Crippen LogP contribution < -0.4 is 4.90 Å². The van der Waals surface area contributed by atoms with Crippen molar-refractivity contribution in [1.82, 2.24) is 9.29 Å². The van der Waals surface area contributed by atoms with Gasteiger partial charge in [0.15, 0.2) is 33.3 Å². The van der Waals surface area contributed by atoms with Gasteiger partial charge in [-0.15, -0.1) is 11.3 Å². The van der Waals surface area contributed by atoms with Crippen molar-refractivity contribution >= 4 is 49.7 Å². The quantitative estimate of drug-likeness (QED) is 0.254. The maximum atomic E-state index is 14.1. The van der Waals surface area contributed by atoms with Crippen LogP contribution in [-0.4, -0.2) is 43.9 Å². The van der Waals surface area contributed by atoms with Gasteiger partial charge in [0.1, 0.15) is 0 Å². The molecule has 0 bridgehead atoms. The van der Waals surface area contributed by atoms with Gasteiger partial charge in [0, 0.05) is 47.2 Å². The van der Waals surface area contributed by atoms with Gasteiger partial charge in [-0.1, -0.05) is 23.2 Å². The molecule has 0 N–H and O–H groups in total. The monoisotopic (exact) mass is 543 g/mol. The van der Waals surface area contributed by atoms with Crippen LogP contribution in [0.5, 0.6) is 0 Å². The van der Waals surface area contributed by atoms with Crippen molar-refractivity contribution in [1.29, 1.82) is 0 Å². The van der Waals surface area contributed by atoms with Crippen LogP contribution in [0.25, 0.3) is 11.3 Å². The highest BCUT2D eigenvalue weighted by molar-refractivity contribution is 7.89. The predicted octanol–water partition coefficient (Wildman–Crippen LogP) is 5.32. The summed E-state index contributed by atoms with van der Waals surface area (Å²) in [4.78, 5) is 4.37. The summed E-state index contributed by atoms with van der Waals surface area (Å²) in [5, 5.41) is 3.17. The van der Waals surface area contributed by atoms with Crippen molar-refractivity contribution in [2.24, 2.45) is 0 Å². The average molecular weight is 544 g/mol. The summed E-state index contributed by atoms with van der Waals surface area (Å²) in [5.74, 6) is -11.8. The number of anilines is 1. The fourth-order valence-electron chi connectivity index (χ4n) is 3.30. The average Bonchev–Trinajstić information content (AvgIpc) is 3.26. The molecule has 33 heavy (non-hydrogen) atoms. The van der Waals surface area contributed by atoms with Gasteiger partial charge >= 0.3 is 0 Å². The summed E-state index contributed by atoms with van der Waals surface area (Å²) in [5.41, 5.74) is 1.28. The summed E-state index contributed by atoms with van der Waals surface area (Å²) in [6, 6.07) is 4.94. The minimum absolute atomic E-state index is 0.0812. The number of benzene rings is 2. The number of nitrogens with zero attached hydrogens (tertiary/aromatic N) is 3. The fraction of sp³-hybridized carbons (Fsp3) is 0.211. The van der Waals surface area contributed by atoms with Crippen molar-refractivity contribution in [3.8, 4) is 11.3 Å². The summed E-state index contributed by atoms with van der Waals surface area (Å²) in [6.07, 6.45) is 0. The second-order valence-electron chi connectivity index (χ2n) is 6.96. The van der Waals surface area contributed by atoms with Gasteiger partial charge in [-0.3, -0.25) is 0 Å². The number of hydrogen-bond donors (Lipinski definition) is 0. The Morgan fingerprint density at radius 3 is 1.88 bits per heavy atom. The zero-order valence-corrected chi connectivity index (χ0v) is 19.4. The molecule has 0 spiro atoms. The van der Waals surface area contributed by atoms with E-state index in [0.717, 1.165) is 0 Å². The molecule has 14 heteroatoms. The summed E-state index contributed by atoms with van der Waals surface area (Å²) < 4.78 is 94.4. The Morgan fingerprint density at radius 1 is 0.818 bits per heavy atom. The molecule has 1 fully saturated rings. The zero-order valence-electron chi connectivity index (χ0n) is 16.3. The third-order valence-electron chi connectivity index (χ3n) is 4.93. The third-order valence-corrected chi connectivity index (χ3v) is 8.18. The number of rotatable bonds is 4. The second kappa shape index (κ2) is 8.99. The number of hydrogen-bond acceptors (Lipinski definition) is 5. The minimum Gasteiger partial charge on any atom is -0.345 e. The SMILES string of the molecule is O=S(=O)(c1c(F)c(F)c(F)c(F)c1F)N1CCN(c2nc(-c3cc(Cl)cc(Cl)c3)cs2)CC1. The molecular formula is C19H12Cl2F5N3O2S2. The highest BCUT2D eigenvalue weighted by Crippen LogP contribution is 2.33. The first-order valence-corrected chi connectivity index (χ1v) is 12.3. The third kappa shape index (κ3) is 4.42. The standard InChI is InChI=1S/C19H12Cl2F5N3O2S2/c20-10-5-9(6-11(21)7-10)12-8-32-19(27-12)28-1-3-29(4-2-28)33(30,31)18-16(25)14(23)13(22)15(24)17(18)26/h5-8H,1-4H2. The molecule has 5 nitrogen and oxygen atoms in total. The minimum atomic E-state index is -4.97. The van der Waals surface area contributed by atoms with E-state index in [1.54, 1.807) is 28.5 Å². The molecule has 2 heterocycles. The van der Waals surface area contributed by atoms with E-state index < -0.39 is 44.0 Å². The Hall–Kier alpha value is -1.99. The molecule has 2 aromatic carbocycles. The van der Waals surface area contributed by atoms with Gasteiger partial charge in [-0.2, -0.15) is 4.31 Å². The predicted molar refractivity (Wildman–Crippen MR) is 115 cm³/mol. The molecule has 1 saturated heterocycles. The lowest BCUT2D eigenvalue weighted by molar-refractivity contribution is 0.344. The highest BCUT2D eigenvalue weighted by Gasteiger charge is 2.38. The molecule has 1 aromatic heterocycles. The molecular weight excluding hydrogens is 532 g/mol. The van der Waals surface area contributed by atoms with E-state index in [1.807, 2.05) is 0 Å². The number of sulfonamides is 1. The van der Waals surface area contributed by atoms with Gasteiger partial charge < -0.3 is 4.90 Å². The Kier molecular flexibility index (Phi) is 6.58. The van der Waals surface area contributed by atoms with Crippen LogP contribution in [-0.2, 0) is 10.0 Å². The van der Waals surface area contributed by atoms with Crippen LogP contribution in [0, 0.1) is 29.1 Å². The Labute approximate surface area is 199 Å². The second-order valence-corrected chi connectivity index (χ2v) is 10.5. The topological polar surface area (TPSA) is 53.5 Å². The van der Waals surface area contributed by atoms with Crippen LogP contribution in [0.15, 0.2) is 28.5 Å². The van der Waals surface area contributed by atoms with Crippen molar-refractivity contribution < 1.29 is 30.4 Å². The summed E-state index contributed by atoms with van der Waals surface area (Å²) in [7, 11) is -4.97. The van der Waals surface area contributed by atoms with E-state index >= 15 is 0 Å². The maximum absolute atomic E-state index is 14.1. The van der Waals surface area contributed by atoms with E-state index in [4.69, 9.17) is 23.2 Å². The first-order chi connectivity index (χ1) is 15.5. The van der Waals surface area contributed by atoms with Gasteiger partial charge in [-0.25, -0.2) is 35.4 Å². The molecule has 0 radical (unpaired) electrons. The molecule has 1 aliphatic rings. The molecule has 3 aromatic rings. The first kappa shape index (κ1) is 24.1. The smallest absolute Gasteiger partial charge is 0.249 e. The lowest BCUT2D eigenvalue weighted by Crippen LogP contribution is -2.49. The number of piperazine rings is 1. The number of halogens is 7. The van der Waals surface area contributed by atoms with Crippen LogP contribution in [0.3, 0.4) is 0 Å². The summed E-state index contributed by atoms with van der Waals surface area (Å²) >= 11 is 13.3. The molecule has 0 atom stereocenters. The zero-order chi connectivity index (χ0) is 24.1.